The Bertz CT molecular complexity index is 741. The summed E-state index contributed by atoms with van der Waals surface area (Å²) in [6.07, 6.45) is 1.93. The molecule has 1 aromatic carbocycles. The molecule has 1 fully saturated rings. The largest absolute Gasteiger partial charge is 0.459 e. The van der Waals surface area contributed by atoms with Gasteiger partial charge < -0.3 is 24.0 Å². The van der Waals surface area contributed by atoms with E-state index in [1.54, 1.807) is 25.4 Å². The third-order valence-electron chi connectivity index (χ3n) is 3.90. The summed E-state index contributed by atoms with van der Waals surface area (Å²) in [7, 11) is 6.85. The summed E-state index contributed by atoms with van der Waals surface area (Å²) < 4.78 is 15.7. The quantitative estimate of drug-likeness (QED) is 0.671. The number of hydrogen-bond donors (Lipinski definition) is 1. The van der Waals surface area contributed by atoms with E-state index in [1.807, 2.05) is 6.07 Å². The van der Waals surface area contributed by atoms with Gasteiger partial charge in [-0.2, -0.15) is 0 Å². The molecule has 0 amide bonds. The number of carbonyl (C=O) groups excluding carboxylic acids is 2. The molecule has 1 aliphatic rings. The van der Waals surface area contributed by atoms with E-state index in [9.17, 15) is 9.59 Å². The number of H-pyrrole nitrogens is 1. The average Bonchev–Trinajstić information content (AvgIpc) is 3.18. The van der Waals surface area contributed by atoms with Gasteiger partial charge in [-0.1, -0.05) is 12.1 Å². The van der Waals surface area contributed by atoms with Crippen LogP contribution >= 0.6 is 0 Å². The Morgan fingerprint density at radius 3 is 2.91 bits per heavy atom. The van der Waals surface area contributed by atoms with Crippen LogP contribution in [0.4, 0.5) is 0 Å². The SMILES string of the molecule is [B]C(=O)c1c[nH]c2cc(COC(=O)C3CCC(OC)O3)ccc12. The Morgan fingerprint density at radius 1 is 1.39 bits per heavy atom. The average molecular weight is 313 g/mol. The van der Waals surface area contributed by atoms with E-state index < -0.39 is 17.8 Å². The van der Waals surface area contributed by atoms with Gasteiger partial charge in [0.25, 0.3) is 0 Å². The molecule has 7 heteroatoms. The number of aromatic nitrogens is 1. The van der Waals surface area contributed by atoms with Crippen LogP contribution in [0.5, 0.6) is 0 Å². The van der Waals surface area contributed by atoms with Crippen molar-refractivity contribution in [3.05, 3.63) is 35.5 Å². The first-order chi connectivity index (χ1) is 11.1. The van der Waals surface area contributed by atoms with E-state index in [0.717, 1.165) is 16.5 Å². The highest BCUT2D eigenvalue weighted by molar-refractivity contribution is 6.63. The molecule has 2 atom stereocenters. The number of aromatic amines is 1. The van der Waals surface area contributed by atoms with E-state index in [2.05, 4.69) is 4.98 Å². The Hall–Kier alpha value is -2.12. The molecule has 0 saturated carbocycles. The molecule has 2 unspecified atom stereocenters. The second-order valence-electron chi connectivity index (χ2n) is 5.42. The standard InChI is InChI=1S/C16H16BNO5/c1-21-14-5-4-13(23-14)16(20)22-8-9-2-3-10-11(15(17)19)7-18-12(10)6-9/h2-3,6-7,13-14,18H,4-5,8H2,1H3. The smallest absolute Gasteiger partial charge is 0.335 e. The summed E-state index contributed by atoms with van der Waals surface area (Å²) in [6, 6.07) is 5.40. The Morgan fingerprint density at radius 2 is 2.22 bits per heavy atom. The minimum absolute atomic E-state index is 0.136. The molecule has 2 radical (unpaired) electrons. The van der Waals surface area contributed by atoms with E-state index in [1.165, 1.54) is 0 Å². The van der Waals surface area contributed by atoms with Gasteiger partial charge in [0.05, 0.1) is 0 Å². The number of carbonyl (C=O) groups is 2. The van der Waals surface area contributed by atoms with Gasteiger partial charge in [-0.15, -0.1) is 0 Å². The topological polar surface area (TPSA) is 77.6 Å². The number of benzene rings is 1. The molecule has 1 saturated heterocycles. The zero-order valence-electron chi connectivity index (χ0n) is 12.7. The molecule has 118 valence electrons. The van der Waals surface area contributed by atoms with Crippen LogP contribution in [0.2, 0.25) is 0 Å². The maximum Gasteiger partial charge on any atom is 0.335 e. The minimum atomic E-state index is -0.573. The molecule has 23 heavy (non-hydrogen) atoms. The summed E-state index contributed by atoms with van der Waals surface area (Å²) in [5.74, 6) is -0.394. The zero-order valence-corrected chi connectivity index (χ0v) is 12.7. The van der Waals surface area contributed by atoms with Crippen LogP contribution < -0.4 is 0 Å². The summed E-state index contributed by atoms with van der Waals surface area (Å²) >= 11 is 0. The van der Waals surface area contributed by atoms with Crippen molar-refractivity contribution in [1.82, 2.24) is 4.98 Å². The molecule has 2 heterocycles. The lowest BCUT2D eigenvalue weighted by Gasteiger charge is -2.12. The lowest BCUT2D eigenvalue weighted by Crippen LogP contribution is -2.24. The fourth-order valence-electron chi connectivity index (χ4n) is 2.67. The molecular formula is C16H16BNO5. The maximum atomic E-state index is 12.0. The van der Waals surface area contributed by atoms with E-state index in [-0.39, 0.29) is 12.9 Å². The molecule has 3 rings (SSSR count). The van der Waals surface area contributed by atoms with Crippen molar-refractivity contribution in [3.8, 4) is 0 Å². The monoisotopic (exact) mass is 313 g/mol. The molecule has 1 aromatic heterocycles. The third-order valence-corrected chi connectivity index (χ3v) is 3.90. The van der Waals surface area contributed by atoms with E-state index in [0.29, 0.717) is 18.4 Å². The van der Waals surface area contributed by atoms with Crippen molar-refractivity contribution in [3.63, 3.8) is 0 Å². The summed E-state index contributed by atoms with van der Waals surface area (Å²) in [6.45, 7) is 0.136. The molecule has 6 nitrogen and oxygen atoms in total. The van der Waals surface area contributed by atoms with Crippen LogP contribution in [-0.2, 0) is 25.6 Å². The first kappa shape index (κ1) is 15.8. The van der Waals surface area contributed by atoms with Crippen LogP contribution in [0.3, 0.4) is 0 Å². The van der Waals surface area contributed by atoms with E-state index >= 15 is 0 Å². The minimum Gasteiger partial charge on any atom is -0.459 e. The van der Waals surface area contributed by atoms with Gasteiger partial charge in [-0.05, 0) is 18.1 Å². The van der Waals surface area contributed by atoms with Gasteiger partial charge in [0.1, 0.15) is 12.3 Å². The van der Waals surface area contributed by atoms with Crippen molar-refractivity contribution in [2.75, 3.05) is 7.11 Å². The normalized spacial score (nSPS) is 20.7. The second kappa shape index (κ2) is 6.56. The van der Waals surface area contributed by atoms with Crippen molar-refractivity contribution < 1.29 is 23.8 Å². The first-order valence-electron chi connectivity index (χ1n) is 7.33. The molecule has 2 aromatic rings. The van der Waals surface area contributed by atoms with Crippen molar-refractivity contribution in [2.24, 2.45) is 0 Å². The number of hydrogen-bond acceptors (Lipinski definition) is 5. The van der Waals surface area contributed by atoms with Crippen molar-refractivity contribution in [2.45, 2.75) is 31.8 Å². The van der Waals surface area contributed by atoms with Crippen LogP contribution in [-0.4, -0.2) is 44.0 Å². The summed E-state index contributed by atoms with van der Waals surface area (Å²) in [5, 5.41) is 0.745. The summed E-state index contributed by atoms with van der Waals surface area (Å²) in [5.41, 5.74) is 1.53. The molecular weight excluding hydrogens is 297 g/mol. The van der Waals surface area contributed by atoms with Gasteiger partial charge in [-0.25, -0.2) is 4.79 Å². The van der Waals surface area contributed by atoms with Gasteiger partial charge in [0.15, 0.2) is 20.2 Å². The van der Waals surface area contributed by atoms with Gasteiger partial charge >= 0.3 is 5.97 Å². The number of esters is 1. The summed E-state index contributed by atoms with van der Waals surface area (Å²) in [4.78, 5) is 26.2. The number of methoxy groups -OCH3 is 1. The predicted octanol–water partition coefficient (Wildman–Crippen LogP) is 1.67. The van der Waals surface area contributed by atoms with Crippen LogP contribution in [0.25, 0.3) is 10.9 Å². The molecule has 0 bridgehead atoms. The molecule has 1 aliphatic heterocycles. The van der Waals surface area contributed by atoms with Gasteiger partial charge in [0, 0.05) is 36.2 Å². The predicted molar refractivity (Wildman–Crippen MR) is 83.1 cm³/mol. The Kier molecular flexibility index (Phi) is 4.50. The number of rotatable bonds is 5. The number of ether oxygens (including phenoxy) is 3. The molecule has 1 N–H and O–H groups in total. The Labute approximate surface area is 134 Å². The van der Waals surface area contributed by atoms with Crippen molar-refractivity contribution in [1.29, 1.82) is 0 Å². The fourth-order valence-corrected chi connectivity index (χ4v) is 2.67. The molecule has 0 aliphatic carbocycles. The van der Waals surface area contributed by atoms with Gasteiger partial charge in [0.2, 0.25) is 0 Å². The highest BCUT2D eigenvalue weighted by Gasteiger charge is 2.31. The zero-order chi connectivity index (χ0) is 16.4. The van der Waals surface area contributed by atoms with Crippen LogP contribution in [0.1, 0.15) is 28.8 Å². The second-order valence-corrected chi connectivity index (χ2v) is 5.42. The number of nitrogens with one attached hydrogen (secondary N) is 1. The Balaban J connectivity index is 1.63. The molecule has 0 spiro atoms. The van der Waals surface area contributed by atoms with Crippen molar-refractivity contribution >= 4 is 30.4 Å². The number of fused-ring (bicyclic) bond motifs is 1. The fraction of sp³-hybridized carbons (Fsp3) is 0.375. The lowest BCUT2D eigenvalue weighted by atomic mass is 9.94. The van der Waals surface area contributed by atoms with Crippen LogP contribution in [0, 0.1) is 0 Å². The lowest BCUT2D eigenvalue weighted by molar-refractivity contribution is -0.170. The van der Waals surface area contributed by atoms with Gasteiger partial charge in [-0.3, -0.25) is 0 Å². The van der Waals surface area contributed by atoms with Crippen LogP contribution in [0.15, 0.2) is 24.4 Å². The first-order valence-corrected chi connectivity index (χ1v) is 7.33. The highest BCUT2D eigenvalue weighted by Crippen LogP contribution is 2.23. The van der Waals surface area contributed by atoms with E-state index in [4.69, 9.17) is 22.1 Å². The third kappa shape index (κ3) is 3.30. The maximum absolute atomic E-state index is 12.0. The highest BCUT2D eigenvalue weighted by atomic mass is 16.7.